The van der Waals surface area contributed by atoms with E-state index in [4.69, 9.17) is 9.15 Å². The number of amides is 1. The van der Waals surface area contributed by atoms with Crippen LogP contribution in [0.2, 0.25) is 0 Å². The summed E-state index contributed by atoms with van der Waals surface area (Å²) in [5.74, 6) is -1.19. The first-order valence-corrected chi connectivity index (χ1v) is 11.0. The highest BCUT2D eigenvalue weighted by molar-refractivity contribution is 6.46. The standard InChI is InChI=1S/C24H26N4O5/c1-15-5-3-7-27-19(16(2)25-23(15)27)21(29)18-20(17-6-4-12-33-17)28(24(31)22(18)30)9-8-26-10-13-32-14-11-26/h3-7,12,20,29H,8-11,13-14H2,1-2H3/b21-18+/t20-/m1/s1. The highest BCUT2D eigenvalue weighted by Gasteiger charge is 2.47. The van der Waals surface area contributed by atoms with E-state index in [1.807, 2.05) is 19.1 Å². The van der Waals surface area contributed by atoms with Gasteiger partial charge in [0.15, 0.2) is 5.76 Å². The first kappa shape index (κ1) is 21.4. The van der Waals surface area contributed by atoms with Gasteiger partial charge >= 0.3 is 0 Å². The molecule has 1 N–H and O–H groups in total. The Balaban J connectivity index is 1.59. The van der Waals surface area contributed by atoms with Gasteiger partial charge in [-0.1, -0.05) is 6.07 Å². The smallest absolute Gasteiger partial charge is 0.295 e. The van der Waals surface area contributed by atoms with Crippen LogP contribution in [-0.2, 0) is 14.3 Å². The van der Waals surface area contributed by atoms with E-state index in [-0.39, 0.29) is 11.3 Å². The molecule has 0 radical (unpaired) electrons. The summed E-state index contributed by atoms with van der Waals surface area (Å²) in [6.45, 7) is 7.47. The number of furan rings is 1. The Morgan fingerprint density at radius 3 is 2.67 bits per heavy atom. The van der Waals surface area contributed by atoms with Crippen molar-refractivity contribution < 1.29 is 23.8 Å². The van der Waals surface area contributed by atoms with E-state index in [1.165, 1.54) is 11.2 Å². The minimum atomic E-state index is -0.809. The number of aliphatic hydroxyl groups is 1. The van der Waals surface area contributed by atoms with Crippen molar-refractivity contribution in [1.82, 2.24) is 19.2 Å². The molecule has 3 aromatic heterocycles. The molecular weight excluding hydrogens is 424 g/mol. The van der Waals surface area contributed by atoms with Gasteiger partial charge in [-0.15, -0.1) is 0 Å². The first-order chi connectivity index (χ1) is 16.0. The zero-order valence-electron chi connectivity index (χ0n) is 18.7. The highest BCUT2D eigenvalue weighted by atomic mass is 16.5. The van der Waals surface area contributed by atoms with Crippen molar-refractivity contribution in [3.8, 4) is 0 Å². The van der Waals surface area contributed by atoms with Gasteiger partial charge < -0.3 is 19.2 Å². The maximum atomic E-state index is 13.2. The number of nitrogens with zero attached hydrogens (tertiary/aromatic N) is 4. The summed E-state index contributed by atoms with van der Waals surface area (Å²) in [5.41, 5.74) is 2.61. The van der Waals surface area contributed by atoms with E-state index in [0.717, 1.165) is 18.7 Å². The van der Waals surface area contributed by atoms with Gasteiger partial charge in [-0.05, 0) is 37.6 Å². The summed E-state index contributed by atoms with van der Waals surface area (Å²) in [7, 11) is 0. The summed E-state index contributed by atoms with van der Waals surface area (Å²) in [4.78, 5) is 34.6. The Morgan fingerprint density at radius 1 is 1.15 bits per heavy atom. The van der Waals surface area contributed by atoms with E-state index < -0.39 is 17.7 Å². The zero-order chi connectivity index (χ0) is 23.1. The van der Waals surface area contributed by atoms with E-state index in [2.05, 4.69) is 9.88 Å². The predicted octanol–water partition coefficient (Wildman–Crippen LogP) is 2.30. The Hall–Kier alpha value is -3.43. The van der Waals surface area contributed by atoms with Gasteiger partial charge in [-0.2, -0.15) is 0 Å². The molecule has 0 bridgehead atoms. The Morgan fingerprint density at radius 2 is 1.94 bits per heavy atom. The van der Waals surface area contributed by atoms with Gasteiger partial charge in [0, 0.05) is 32.4 Å². The zero-order valence-corrected chi connectivity index (χ0v) is 18.7. The summed E-state index contributed by atoms with van der Waals surface area (Å²) < 4.78 is 12.8. The molecule has 0 aromatic carbocycles. The molecule has 5 rings (SSSR count). The van der Waals surface area contributed by atoms with Crippen LogP contribution in [0.25, 0.3) is 11.4 Å². The molecule has 33 heavy (non-hydrogen) atoms. The molecule has 9 nitrogen and oxygen atoms in total. The number of aromatic nitrogens is 2. The second-order valence-electron chi connectivity index (χ2n) is 8.39. The number of likely N-dealkylation sites (tertiary alicyclic amines) is 1. The second-order valence-corrected chi connectivity index (χ2v) is 8.39. The van der Waals surface area contributed by atoms with Crippen LogP contribution in [-0.4, -0.2) is 75.4 Å². The molecule has 1 atom stereocenters. The summed E-state index contributed by atoms with van der Waals surface area (Å²) in [6.07, 6.45) is 3.29. The van der Waals surface area contributed by atoms with Crippen LogP contribution in [0.15, 0.2) is 46.7 Å². The molecule has 0 saturated carbocycles. The summed E-state index contributed by atoms with van der Waals surface area (Å²) in [5, 5.41) is 11.4. The maximum Gasteiger partial charge on any atom is 0.295 e. The molecular formula is C24H26N4O5. The van der Waals surface area contributed by atoms with E-state index in [0.29, 0.717) is 49.1 Å². The number of hydrogen-bond acceptors (Lipinski definition) is 7. The van der Waals surface area contributed by atoms with Gasteiger partial charge in [0.2, 0.25) is 0 Å². The van der Waals surface area contributed by atoms with Crippen molar-refractivity contribution in [2.75, 3.05) is 39.4 Å². The average molecular weight is 450 g/mol. The molecule has 2 fully saturated rings. The lowest BCUT2D eigenvalue weighted by Crippen LogP contribution is -2.42. The van der Waals surface area contributed by atoms with Crippen LogP contribution in [0.1, 0.15) is 28.8 Å². The largest absolute Gasteiger partial charge is 0.505 e. The number of carbonyl (C=O) groups is 2. The molecule has 172 valence electrons. The topological polar surface area (TPSA) is 101 Å². The second kappa shape index (κ2) is 8.49. The molecule has 0 aliphatic carbocycles. The fourth-order valence-electron chi connectivity index (χ4n) is 4.66. The van der Waals surface area contributed by atoms with Crippen LogP contribution < -0.4 is 0 Å². The number of Topliss-reactive ketones (excluding diaryl/α,β-unsaturated/α-hetero) is 1. The molecule has 2 aliphatic rings. The maximum absolute atomic E-state index is 13.2. The van der Waals surface area contributed by atoms with E-state index in [1.54, 1.807) is 29.7 Å². The van der Waals surface area contributed by atoms with E-state index in [9.17, 15) is 14.7 Å². The molecule has 2 saturated heterocycles. The quantitative estimate of drug-likeness (QED) is 0.362. The molecule has 2 aliphatic heterocycles. The van der Waals surface area contributed by atoms with E-state index >= 15 is 0 Å². The number of aliphatic hydroxyl groups excluding tert-OH is 1. The van der Waals surface area contributed by atoms with Crippen LogP contribution in [0.3, 0.4) is 0 Å². The van der Waals surface area contributed by atoms with Gasteiger partial charge in [-0.25, -0.2) is 4.98 Å². The number of imidazole rings is 1. The summed E-state index contributed by atoms with van der Waals surface area (Å²) in [6, 6.07) is 6.40. The lowest BCUT2D eigenvalue weighted by Gasteiger charge is -2.30. The van der Waals surface area contributed by atoms with Crippen molar-refractivity contribution in [2.45, 2.75) is 19.9 Å². The number of ketones is 1. The van der Waals surface area contributed by atoms with Crippen molar-refractivity contribution in [2.24, 2.45) is 0 Å². The predicted molar refractivity (Wildman–Crippen MR) is 120 cm³/mol. The minimum Gasteiger partial charge on any atom is -0.505 e. The molecule has 9 heteroatoms. The number of morpholine rings is 1. The number of fused-ring (bicyclic) bond motifs is 1. The number of hydrogen-bond donors (Lipinski definition) is 1. The van der Waals surface area contributed by atoms with Gasteiger partial charge in [-0.3, -0.25) is 18.9 Å². The number of carbonyl (C=O) groups excluding carboxylic acids is 2. The van der Waals surface area contributed by atoms with Crippen LogP contribution in [0, 0.1) is 13.8 Å². The normalized spacial score (nSPS) is 21.4. The Kier molecular flexibility index (Phi) is 5.51. The Bertz CT molecular complexity index is 1240. The monoisotopic (exact) mass is 450 g/mol. The molecule has 3 aromatic rings. The van der Waals surface area contributed by atoms with Crippen LogP contribution >= 0.6 is 0 Å². The first-order valence-electron chi connectivity index (χ1n) is 11.0. The van der Waals surface area contributed by atoms with Crippen molar-refractivity contribution >= 4 is 23.1 Å². The third-order valence-corrected chi connectivity index (χ3v) is 6.36. The van der Waals surface area contributed by atoms with Crippen molar-refractivity contribution in [3.63, 3.8) is 0 Å². The number of rotatable bonds is 5. The lowest BCUT2D eigenvalue weighted by molar-refractivity contribution is -0.140. The third-order valence-electron chi connectivity index (χ3n) is 6.36. The SMILES string of the molecule is Cc1nc2c(C)cccn2c1/C(O)=C1\C(=O)C(=O)N(CCN2CCOCC2)[C@@H]1c1ccco1. The Labute approximate surface area is 190 Å². The van der Waals surface area contributed by atoms with Crippen LogP contribution in [0.4, 0.5) is 0 Å². The fourth-order valence-corrected chi connectivity index (χ4v) is 4.66. The van der Waals surface area contributed by atoms with Gasteiger partial charge in [0.25, 0.3) is 11.7 Å². The fraction of sp³-hybridized carbons (Fsp3) is 0.375. The molecule has 0 spiro atoms. The number of ether oxygens (including phenoxy) is 1. The van der Waals surface area contributed by atoms with Crippen LogP contribution in [0.5, 0.6) is 0 Å². The van der Waals surface area contributed by atoms with Gasteiger partial charge in [0.1, 0.15) is 23.1 Å². The number of pyridine rings is 1. The molecule has 0 unspecified atom stereocenters. The lowest BCUT2D eigenvalue weighted by atomic mass is 10.0. The minimum absolute atomic E-state index is 0.0170. The average Bonchev–Trinajstić information content (AvgIpc) is 3.51. The number of aryl methyl sites for hydroxylation is 2. The van der Waals surface area contributed by atoms with Crippen molar-refractivity contribution in [3.05, 3.63) is 65.0 Å². The van der Waals surface area contributed by atoms with Gasteiger partial charge in [0.05, 0.1) is 30.7 Å². The molecule has 5 heterocycles. The summed E-state index contributed by atoms with van der Waals surface area (Å²) >= 11 is 0. The third kappa shape index (κ3) is 3.63. The van der Waals surface area contributed by atoms with Crippen molar-refractivity contribution in [1.29, 1.82) is 0 Å². The highest BCUT2D eigenvalue weighted by Crippen LogP contribution is 2.40. The molecule has 1 amide bonds.